The van der Waals surface area contributed by atoms with Crippen LogP contribution < -0.4 is 5.32 Å². The standard InChI is InChI=1S/C17H34N2O/c1-4-16(12-10-11-15(2)3)19-17(20)13-8-6-5-7-9-14-18/h14-16,18H,4-13H2,1-3H3,(H,19,20). The molecule has 1 unspecified atom stereocenters. The van der Waals surface area contributed by atoms with Crippen molar-refractivity contribution in [2.75, 3.05) is 0 Å². The fourth-order valence-electron chi connectivity index (χ4n) is 2.34. The zero-order valence-electron chi connectivity index (χ0n) is 13.7. The Morgan fingerprint density at radius 3 is 2.40 bits per heavy atom. The fourth-order valence-corrected chi connectivity index (χ4v) is 2.34. The largest absolute Gasteiger partial charge is 0.353 e. The predicted molar refractivity (Wildman–Crippen MR) is 87.4 cm³/mol. The average Bonchev–Trinajstić information content (AvgIpc) is 2.41. The Balaban J connectivity index is 3.62. The fraction of sp³-hybridized carbons (Fsp3) is 0.882. The van der Waals surface area contributed by atoms with Crippen LogP contribution in [0.5, 0.6) is 0 Å². The molecule has 0 aromatic rings. The summed E-state index contributed by atoms with van der Waals surface area (Å²) in [6.07, 6.45) is 11.9. The van der Waals surface area contributed by atoms with E-state index in [9.17, 15) is 4.79 Å². The molecule has 0 saturated carbocycles. The average molecular weight is 282 g/mol. The molecule has 0 heterocycles. The van der Waals surface area contributed by atoms with E-state index >= 15 is 0 Å². The third-order valence-corrected chi connectivity index (χ3v) is 3.69. The molecule has 118 valence electrons. The van der Waals surface area contributed by atoms with Crippen LogP contribution in [0, 0.1) is 11.3 Å². The third-order valence-electron chi connectivity index (χ3n) is 3.69. The Labute approximate surface area is 125 Å². The van der Waals surface area contributed by atoms with Gasteiger partial charge in [0.2, 0.25) is 5.91 Å². The van der Waals surface area contributed by atoms with Gasteiger partial charge in [0.25, 0.3) is 0 Å². The van der Waals surface area contributed by atoms with Crippen molar-refractivity contribution >= 4 is 12.1 Å². The summed E-state index contributed by atoms with van der Waals surface area (Å²) in [6, 6.07) is 0.360. The number of amides is 1. The Bertz CT molecular complexity index is 251. The lowest BCUT2D eigenvalue weighted by Gasteiger charge is -2.17. The number of hydrogen-bond donors (Lipinski definition) is 2. The summed E-state index contributed by atoms with van der Waals surface area (Å²) < 4.78 is 0. The molecule has 20 heavy (non-hydrogen) atoms. The first-order valence-electron chi connectivity index (χ1n) is 8.38. The van der Waals surface area contributed by atoms with Gasteiger partial charge in [0.1, 0.15) is 0 Å². The van der Waals surface area contributed by atoms with Crippen LogP contribution in [0.2, 0.25) is 0 Å². The number of unbranched alkanes of at least 4 members (excludes halogenated alkanes) is 4. The van der Waals surface area contributed by atoms with Crippen molar-refractivity contribution in [3.63, 3.8) is 0 Å². The third kappa shape index (κ3) is 12.2. The maximum atomic E-state index is 11.9. The summed E-state index contributed by atoms with van der Waals surface area (Å²) in [5.41, 5.74) is 0. The van der Waals surface area contributed by atoms with Gasteiger partial charge in [-0.15, -0.1) is 0 Å². The van der Waals surface area contributed by atoms with Crippen molar-refractivity contribution in [3.8, 4) is 0 Å². The first kappa shape index (κ1) is 19.1. The van der Waals surface area contributed by atoms with Gasteiger partial charge in [0.05, 0.1) is 0 Å². The molecule has 0 saturated heterocycles. The van der Waals surface area contributed by atoms with Crippen molar-refractivity contribution in [2.24, 2.45) is 5.92 Å². The summed E-state index contributed by atoms with van der Waals surface area (Å²) in [7, 11) is 0. The molecule has 0 bridgehead atoms. The molecule has 0 aliphatic carbocycles. The first-order valence-corrected chi connectivity index (χ1v) is 8.38. The molecule has 1 amide bonds. The number of hydrogen-bond acceptors (Lipinski definition) is 2. The molecule has 0 aliphatic rings. The molecule has 3 nitrogen and oxygen atoms in total. The van der Waals surface area contributed by atoms with Gasteiger partial charge >= 0.3 is 0 Å². The minimum absolute atomic E-state index is 0.216. The normalized spacial score (nSPS) is 12.4. The van der Waals surface area contributed by atoms with E-state index in [1.54, 1.807) is 0 Å². The van der Waals surface area contributed by atoms with Crippen molar-refractivity contribution in [3.05, 3.63) is 0 Å². The summed E-state index contributed by atoms with van der Waals surface area (Å²) in [4.78, 5) is 11.9. The molecule has 0 rings (SSSR count). The summed E-state index contributed by atoms with van der Waals surface area (Å²) >= 11 is 0. The molecule has 0 aromatic carbocycles. The van der Waals surface area contributed by atoms with E-state index in [0.29, 0.717) is 12.5 Å². The van der Waals surface area contributed by atoms with Gasteiger partial charge in [-0.25, -0.2) is 0 Å². The second-order valence-corrected chi connectivity index (χ2v) is 6.15. The van der Waals surface area contributed by atoms with Gasteiger partial charge in [-0.1, -0.05) is 46.5 Å². The SMILES string of the molecule is CCC(CCCC(C)C)NC(=O)CCCCCCC=N. The van der Waals surface area contributed by atoms with Crippen molar-refractivity contribution in [1.29, 1.82) is 5.41 Å². The van der Waals surface area contributed by atoms with E-state index in [-0.39, 0.29) is 5.91 Å². The molecular weight excluding hydrogens is 248 g/mol. The monoisotopic (exact) mass is 282 g/mol. The highest BCUT2D eigenvalue weighted by atomic mass is 16.1. The van der Waals surface area contributed by atoms with E-state index < -0.39 is 0 Å². The molecule has 1 atom stereocenters. The van der Waals surface area contributed by atoms with Gasteiger partial charge in [-0.3, -0.25) is 4.79 Å². The van der Waals surface area contributed by atoms with Gasteiger partial charge in [-0.2, -0.15) is 0 Å². The molecule has 0 aliphatic heterocycles. The highest BCUT2D eigenvalue weighted by Gasteiger charge is 2.10. The lowest BCUT2D eigenvalue weighted by atomic mass is 10.0. The number of rotatable bonds is 13. The van der Waals surface area contributed by atoms with E-state index in [0.717, 1.165) is 50.9 Å². The Hall–Kier alpha value is -0.860. The lowest BCUT2D eigenvalue weighted by molar-refractivity contribution is -0.122. The van der Waals surface area contributed by atoms with Gasteiger partial charge in [0.15, 0.2) is 0 Å². The van der Waals surface area contributed by atoms with Crippen LogP contribution in [0.3, 0.4) is 0 Å². The topological polar surface area (TPSA) is 53.0 Å². The van der Waals surface area contributed by atoms with Crippen molar-refractivity contribution in [2.45, 2.75) is 91.0 Å². The number of carbonyl (C=O) groups is 1. The quantitative estimate of drug-likeness (QED) is 0.373. The molecule has 0 aromatic heterocycles. The first-order chi connectivity index (χ1) is 9.60. The van der Waals surface area contributed by atoms with Crippen LogP contribution in [-0.4, -0.2) is 18.2 Å². The van der Waals surface area contributed by atoms with Crippen molar-refractivity contribution in [1.82, 2.24) is 5.32 Å². The van der Waals surface area contributed by atoms with Crippen LogP contribution in [-0.2, 0) is 4.79 Å². The van der Waals surface area contributed by atoms with Crippen LogP contribution in [0.15, 0.2) is 0 Å². The van der Waals surface area contributed by atoms with E-state index in [1.807, 2.05) is 0 Å². The molecular formula is C17H34N2O. The summed E-state index contributed by atoms with van der Waals surface area (Å²) in [5.74, 6) is 0.970. The van der Waals surface area contributed by atoms with Gasteiger partial charge < -0.3 is 10.7 Å². The highest BCUT2D eigenvalue weighted by molar-refractivity contribution is 5.76. The highest BCUT2D eigenvalue weighted by Crippen LogP contribution is 2.11. The molecule has 2 N–H and O–H groups in total. The zero-order chi connectivity index (χ0) is 15.2. The molecule has 0 spiro atoms. The number of nitrogens with one attached hydrogen (secondary N) is 2. The van der Waals surface area contributed by atoms with Gasteiger partial charge in [0, 0.05) is 12.5 Å². The van der Waals surface area contributed by atoms with E-state index in [2.05, 4.69) is 26.1 Å². The van der Waals surface area contributed by atoms with E-state index in [1.165, 1.54) is 19.1 Å². The van der Waals surface area contributed by atoms with Gasteiger partial charge in [-0.05, 0) is 44.2 Å². The minimum atomic E-state index is 0.216. The summed E-state index contributed by atoms with van der Waals surface area (Å²) in [5, 5.41) is 10.1. The lowest BCUT2D eigenvalue weighted by Crippen LogP contribution is -2.34. The molecule has 3 heteroatoms. The maximum absolute atomic E-state index is 11.9. The maximum Gasteiger partial charge on any atom is 0.220 e. The smallest absolute Gasteiger partial charge is 0.220 e. The second-order valence-electron chi connectivity index (χ2n) is 6.15. The van der Waals surface area contributed by atoms with Crippen LogP contribution in [0.25, 0.3) is 0 Å². The van der Waals surface area contributed by atoms with Crippen LogP contribution >= 0.6 is 0 Å². The molecule has 0 radical (unpaired) electrons. The number of carbonyl (C=O) groups excluding carboxylic acids is 1. The Kier molecular flexibility index (Phi) is 12.6. The Morgan fingerprint density at radius 2 is 1.80 bits per heavy atom. The van der Waals surface area contributed by atoms with E-state index in [4.69, 9.17) is 5.41 Å². The van der Waals surface area contributed by atoms with Crippen LogP contribution in [0.1, 0.15) is 85.0 Å². The Morgan fingerprint density at radius 1 is 1.10 bits per heavy atom. The second kappa shape index (κ2) is 13.1. The summed E-state index contributed by atoms with van der Waals surface area (Å²) in [6.45, 7) is 6.65. The minimum Gasteiger partial charge on any atom is -0.353 e. The van der Waals surface area contributed by atoms with Crippen molar-refractivity contribution < 1.29 is 4.79 Å². The molecule has 0 fully saturated rings. The predicted octanol–water partition coefficient (Wildman–Crippen LogP) is 4.70. The van der Waals surface area contributed by atoms with Crippen LogP contribution in [0.4, 0.5) is 0 Å². The zero-order valence-corrected chi connectivity index (χ0v) is 13.7.